The Morgan fingerprint density at radius 3 is 2.29 bits per heavy atom. The highest BCUT2D eigenvalue weighted by Crippen LogP contribution is 2.10. The summed E-state index contributed by atoms with van der Waals surface area (Å²) in [6, 6.07) is 7.58. The lowest BCUT2D eigenvalue weighted by Gasteiger charge is -2.05. The molecule has 0 radical (unpaired) electrons. The molecule has 0 aliphatic carbocycles. The highest BCUT2D eigenvalue weighted by Gasteiger charge is 2.09. The number of benzene rings is 1. The number of carbonyl (C=O) groups is 1. The van der Waals surface area contributed by atoms with Gasteiger partial charge in [0.1, 0.15) is 0 Å². The zero-order valence-corrected chi connectivity index (χ0v) is 8.91. The van der Waals surface area contributed by atoms with Crippen LogP contribution in [0.1, 0.15) is 29.8 Å². The van der Waals surface area contributed by atoms with Crippen LogP contribution >= 0.6 is 0 Å². The molecule has 0 spiro atoms. The van der Waals surface area contributed by atoms with Crippen molar-refractivity contribution in [3.63, 3.8) is 0 Å². The number of hydrogen-bond donors (Lipinski definition) is 0. The van der Waals surface area contributed by atoms with E-state index in [2.05, 4.69) is 0 Å². The van der Waals surface area contributed by atoms with Crippen molar-refractivity contribution >= 4 is 5.78 Å². The zero-order valence-electron chi connectivity index (χ0n) is 8.91. The summed E-state index contributed by atoms with van der Waals surface area (Å²) in [5.41, 5.74) is 1.87. The van der Waals surface area contributed by atoms with Gasteiger partial charge in [0, 0.05) is 18.6 Å². The number of hydrogen-bond acceptors (Lipinski definition) is 2. The van der Waals surface area contributed by atoms with Gasteiger partial charge in [0.05, 0.1) is 6.61 Å². The highest BCUT2D eigenvalue weighted by atomic mass is 16.5. The first kappa shape index (κ1) is 10.9. The van der Waals surface area contributed by atoms with Crippen LogP contribution in [0.3, 0.4) is 0 Å². The fourth-order valence-corrected chi connectivity index (χ4v) is 1.27. The fourth-order valence-electron chi connectivity index (χ4n) is 1.27. The summed E-state index contributed by atoms with van der Waals surface area (Å²) in [7, 11) is 1.66. The van der Waals surface area contributed by atoms with Crippen molar-refractivity contribution < 1.29 is 9.53 Å². The Bertz CT molecular complexity index is 299. The van der Waals surface area contributed by atoms with Gasteiger partial charge in [0.15, 0.2) is 5.78 Å². The van der Waals surface area contributed by atoms with Gasteiger partial charge in [-0.15, -0.1) is 0 Å². The third-order valence-corrected chi connectivity index (χ3v) is 2.07. The van der Waals surface area contributed by atoms with E-state index in [4.69, 9.17) is 4.74 Å². The second-order valence-corrected chi connectivity index (χ2v) is 3.65. The van der Waals surface area contributed by atoms with Gasteiger partial charge >= 0.3 is 0 Å². The molecule has 0 N–H and O–H groups in total. The van der Waals surface area contributed by atoms with Gasteiger partial charge in [-0.1, -0.05) is 38.1 Å². The fraction of sp³-hybridized carbons (Fsp3) is 0.417. The number of carbonyl (C=O) groups excluding carboxylic acids is 1. The lowest BCUT2D eigenvalue weighted by Crippen LogP contribution is -2.07. The number of Topliss-reactive ketones (excluding diaryl/α,β-unsaturated/α-hetero) is 1. The van der Waals surface area contributed by atoms with Gasteiger partial charge in [0.2, 0.25) is 0 Å². The van der Waals surface area contributed by atoms with Crippen molar-refractivity contribution in [1.82, 2.24) is 0 Å². The van der Waals surface area contributed by atoms with Gasteiger partial charge in [-0.2, -0.15) is 0 Å². The third-order valence-electron chi connectivity index (χ3n) is 2.07. The summed E-state index contributed by atoms with van der Waals surface area (Å²) in [6.45, 7) is 4.41. The summed E-state index contributed by atoms with van der Waals surface area (Å²) in [6.07, 6.45) is 0. The molecule has 0 heterocycles. The predicted molar refractivity (Wildman–Crippen MR) is 56.3 cm³/mol. The van der Waals surface area contributed by atoms with Crippen LogP contribution in [0.2, 0.25) is 0 Å². The topological polar surface area (TPSA) is 26.3 Å². The molecule has 0 unspecified atom stereocenters. The molecule has 0 aliphatic rings. The van der Waals surface area contributed by atoms with Gasteiger partial charge in [-0.3, -0.25) is 4.79 Å². The molecule has 2 heteroatoms. The minimum absolute atomic E-state index is 0.0586. The molecular weight excluding hydrogens is 176 g/mol. The van der Waals surface area contributed by atoms with E-state index in [1.807, 2.05) is 38.1 Å². The molecule has 1 aromatic rings. The summed E-state index contributed by atoms with van der Waals surface area (Å²) in [5.74, 6) is 0.247. The Morgan fingerprint density at radius 2 is 1.86 bits per heavy atom. The van der Waals surface area contributed by atoms with Gasteiger partial charge in [-0.05, 0) is 5.56 Å². The molecule has 0 saturated heterocycles. The van der Waals surface area contributed by atoms with Crippen molar-refractivity contribution in [2.45, 2.75) is 20.5 Å². The largest absolute Gasteiger partial charge is 0.380 e. The van der Waals surface area contributed by atoms with Crippen molar-refractivity contribution in [3.8, 4) is 0 Å². The molecule has 0 aromatic heterocycles. The van der Waals surface area contributed by atoms with Crippen LogP contribution in [0.25, 0.3) is 0 Å². The van der Waals surface area contributed by atoms with Crippen LogP contribution in [0.5, 0.6) is 0 Å². The van der Waals surface area contributed by atoms with Crippen LogP contribution in [0.4, 0.5) is 0 Å². The molecule has 0 amide bonds. The number of rotatable bonds is 4. The summed E-state index contributed by atoms with van der Waals surface area (Å²) in [4.78, 5) is 11.6. The minimum atomic E-state index is 0.0586. The molecule has 0 bridgehead atoms. The average molecular weight is 192 g/mol. The van der Waals surface area contributed by atoms with E-state index < -0.39 is 0 Å². The quantitative estimate of drug-likeness (QED) is 0.685. The van der Waals surface area contributed by atoms with Gasteiger partial charge in [0.25, 0.3) is 0 Å². The molecule has 1 rings (SSSR count). The molecule has 1 aromatic carbocycles. The maximum Gasteiger partial charge on any atom is 0.165 e. The minimum Gasteiger partial charge on any atom is -0.380 e. The van der Waals surface area contributed by atoms with Crippen LogP contribution in [-0.2, 0) is 11.3 Å². The van der Waals surface area contributed by atoms with E-state index in [-0.39, 0.29) is 11.7 Å². The van der Waals surface area contributed by atoms with Crippen LogP contribution in [0, 0.1) is 5.92 Å². The van der Waals surface area contributed by atoms with E-state index in [0.29, 0.717) is 6.61 Å². The normalized spacial score (nSPS) is 10.6. The molecule has 2 nitrogen and oxygen atoms in total. The lowest BCUT2D eigenvalue weighted by molar-refractivity contribution is 0.0939. The summed E-state index contributed by atoms with van der Waals surface area (Å²) >= 11 is 0. The van der Waals surface area contributed by atoms with Crippen LogP contribution in [-0.4, -0.2) is 12.9 Å². The van der Waals surface area contributed by atoms with E-state index in [1.165, 1.54) is 0 Å². The number of methoxy groups -OCH3 is 1. The van der Waals surface area contributed by atoms with Gasteiger partial charge < -0.3 is 4.74 Å². The average Bonchev–Trinajstić information content (AvgIpc) is 2.18. The van der Waals surface area contributed by atoms with Crippen LogP contribution < -0.4 is 0 Å². The Balaban J connectivity index is 2.78. The lowest BCUT2D eigenvalue weighted by atomic mass is 10.0. The monoisotopic (exact) mass is 192 g/mol. The number of ketones is 1. The van der Waals surface area contributed by atoms with Crippen molar-refractivity contribution in [2.24, 2.45) is 5.92 Å². The van der Waals surface area contributed by atoms with Gasteiger partial charge in [-0.25, -0.2) is 0 Å². The second-order valence-electron chi connectivity index (χ2n) is 3.65. The van der Waals surface area contributed by atoms with E-state index in [9.17, 15) is 4.79 Å². The predicted octanol–water partition coefficient (Wildman–Crippen LogP) is 2.67. The number of ether oxygens (including phenoxy) is 1. The first-order chi connectivity index (χ1) is 6.65. The Morgan fingerprint density at radius 1 is 1.29 bits per heavy atom. The SMILES string of the molecule is COCc1ccc(C(=O)C(C)C)cc1. The Kier molecular flexibility index (Phi) is 3.84. The maximum absolute atomic E-state index is 11.6. The Labute approximate surface area is 84.9 Å². The first-order valence-electron chi connectivity index (χ1n) is 4.77. The molecular formula is C12H16O2. The van der Waals surface area contributed by atoms with E-state index in [0.717, 1.165) is 11.1 Å². The molecule has 0 saturated carbocycles. The second kappa shape index (κ2) is 4.91. The molecule has 14 heavy (non-hydrogen) atoms. The smallest absolute Gasteiger partial charge is 0.165 e. The summed E-state index contributed by atoms with van der Waals surface area (Å²) < 4.78 is 4.99. The summed E-state index contributed by atoms with van der Waals surface area (Å²) in [5, 5.41) is 0. The highest BCUT2D eigenvalue weighted by molar-refractivity contribution is 5.97. The molecule has 0 atom stereocenters. The molecule has 0 aliphatic heterocycles. The van der Waals surface area contributed by atoms with E-state index >= 15 is 0 Å². The molecule has 76 valence electrons. The third kappa shape index (κ3) is 2.67. The molecule has 0 fully saturated rings. The van der Waals surface area contributed by atoms with Crippen LogP contribution in [0.15, 0.2) is 24.3 Å². The maximum atomic E-state index is 11.6. The zero-order chi connectivity index (χ0) is 10.6. The van der Waals surface area contributed by atoms with Crippen molar-refractivity contribution in [2.75, 3.05) is 7.11 Å². The van der Waals surface area contributed by atoms with E-state index in [1.54, 1.807) is 7.11 Å². The first-order valence-corrected chi connectivity index (χ1v) is 4.77. The van der Waals surface area contributed by atoms with Crippen molar-refractivity contribution in [3.05, 3.63) is 35.4 Å². The van der Waals surface area contributed by atoms with Crippen molar-refractivity contribution in [1.29, 1.82) is 0 Å². The Hall–Kier alpha value is -1.15. The standard InChI is InChI=1S/C12H16O2/c1-9(2)12(13)11-6-4-10(5-7-11)8-14-3/h4-7,9H,8H2,1-3H3.